The van der Waals surface area contributed by atoms with Crippen LogP contribution in [0.3, 0.4) is 0 Å². The molecule has 0 radical (unpaired) electrons. The fourth-order valence-corrected chi connectivity index (χ4v) is 3.72. The second-order valence-electron chi connectivity index (χ2n) is 6.31. The molecule has 1 aliphatic heterocycles. The van der Waals surface area contributed by atoms with Gasteiger partial charge in [0, 0.05) is 36.2 Å². The van der Waals surface area contributed by atoms with Crippen molar-refractivity contribution >= 4 is 34.0 Å². The highest BCUT2D eigenvalue weighted by Gasteiger charge is 2.49. The van der Waals surface area contributed by atoms with E-state index in [4.69, 9.17) is 11.6 Å². The molecule has 1 amide bonds. The van der Waals surface area contributed by atoms with Gasteiger partial charge in [-0.1, -0.05) is 23.7 Å². The van der Waals surface area contributed by atoms with E-state index in [-0.39, 0.29) is 12.5 Å². The monoisotopic (exact) mass is 365 g/mol. The van der Waals surface area contributed by atoms with Crippen molar-refractivity contribution in [1.82, 2.24) is 10.3 Å². The van der Waals surface area contributed by atoms with Crippen LogP contribution < -0.4 is 10.2 Å². The summed E-state index contributed by atoms with van der Waals surface area (Å²) in [5.41, 5.74) is 0.569. The average molecular weight is 366 g/mol. The van der Waals surface area contributed by atoms with Crippen molar-refractivity contribution in [1.29, 1.82) is 0 Å². The molecule has 5 nitrogen and oxygen atoms in total. The Morgan fingerprint density at radius 2 is 2.17 bits per heavy atom. The Hall–Kier alpha value is -1.63. The summed E-state index contributed by atoms with van der Waals surface area (Å²) in [6, 6.07) is 7.60. The first-order valence-electron chi connectivity index (χ1n) is 7.84. The molecule has 2 heterocycles. The first kappa shape index (κ1) is 17.2. The van der Waals surface area contributed by atoms with Crippen molar-refractivity contribution in [2.75, 3.05) is 24.5 Å². The van der Waals surface area contributed by atoms with Gasteiger partial charge in [-0.3, -0.25) is 4.79 Å². The number of aromatic nitrogens is 1. The van der Waals surface area contributed by atoms with E-state index in [0.717, 1.165) is 10.7 Å². The maximum Gasteiger partial charge on any atom is 0.230 e. The van der Waals surface area contributed by atoms with Crippen molar-refractivity contribution in [3.8, 4) is 0 Å². The largest absolute Gasteiger partial charge is 0.392 e. The van der Waals surface area contributed by atoms with Crippen LogP contribution in [-0.4, -0.2) is 41.7 Å². The molecule has 0 aliphatic carbocycles. The Morgan fingerprint density at radius 1 is 1.46 bits per heavy atom. The fourth-order valence-electron chi connectivity index (χ4n) is 2.95. The van der Waals surface area contributed by atoms with Crippen molar-refractivity contribution in [2.45, 2.75) is 19.4 Å². The van der Waals surface area contributed by atoms with Crippen LogP contribution in [-0.2, 0) is 11.2 Å². The lowest BCUT2D eigenvalue weighted by atomic mass is 9.74. The van der Waals surface area contributed by atoms with E-state index in [1.54, 1.807) is 24.5 Å². The number of aliphatic hydroxyl groups is 1. The number of hydrogen-bond acceptors (Lipinski definition) is 5. The number of rotatable bonds is 6. The minimum atomic E-state index is -0.559. The highest BCUT2D eigenvalue weighted by atomic mass is 35.5. The van der Waals surface area contributed by atoms with Crippen molar-refractivity contribution in [2.24, 2.45) is 5.41 Å². The summed E-state index contributed by atoms with van der Waals surface area (Å²) in [4.78, 5) is 19.2. The third-order valence-corrected chi connectivity index (χ3v) is 5.26. The number of benzene rings is 1. The number of nitrogens with zero attached hydrogens (tertiary/aromatic N) is 2. The summed E-state index contributed by atoms with van der Waals surface area (Å²) < 4.78 is 0. The number of halogens is 1. The zero-order chi connectivity index (χ0) is 17.2. The maximum atomic E-state index is 12.7. The molecule has 1 aromatic carbocycles. The molecule has 24 heavy (non-hydrogen) atoms. The molecular weight excluding hydrogens is 346 g/mol. The van der Waals surface area contributed by atoms with E-state index in [9.17, 15) is 9.90 Å². The maximum absolute atomic E-state index is 12.7. The lowest BCUT2D eigenvalue weighted by Gasteiger charge is -2.49. The normalized spacial score (nSPS) is 17.2. The number of anilines is 1. The van der Waals surface area contributed by atoms with Gasteiger partial charge in [0.2, 0.25) is 5.91 Å². The van der Waals surface area contributed by atoms with Gasteiger partial charge in [-0.05, 0) is 31.0 Å². The number of aliphatic hydroxyl groups excluding tert-OH is 1. The van der Waals surface area contributed by atoms with Gasteiger partial charge in [0.1, 0.15) is 0 Å². The predicted octanol–water partition coefficient (Wildman–Crippen LogP) is 2.34. The molecule has 1 saturated heterocycles. The second kappa shape index (κ2) is 7.09. The van der Waals surface area contributed by atoms with E-state index in [2.05, 4.69) is 15.2 Å². The van der Waals surface area contributed by atoms with Gasteiger partial charge < -0.3 is 15.3 Å². The smallest absolute Gasteiger partial charge is 0.230 e. The first-order valence-corrected chi connectivity index (χ1v) is 9.09. The highest BCUT2D eigenvalue weighted by Crippen LogP contribution is 2.38. The minimum absolute atomic E-state index is 0.0221. The number of nitrogens with one attached hydrogen (secondary N) is 1. The van der Waals surface area contributed by atoms with E-state index >= 15 is 0 Å². The molecule has 1 atom stereocenters. The standard InChI is InChI=1S/C17H20ClN3O2S/c1-12(22)9-20-15(23)17(8-13-2-4-14(18)5-3-13)10-21(11-17)16-19-6-7-24-16/h2-7,12,22H,8-11H2,1H3,(H,20,23). The van der Waals surface area contributed by atoms with Crippen LogP contribution in [0.5, 0.6) is 0 Å². The number of carbonyl (C=O) groups is 1. The predicted molar refractivity (Wildman–Crippen MR) is 96.6 cm³/mol. The lowest BCUT2D eigenvalue weighted by molar-refractivity contribution is -0.133. The number of amides is 1. The van der Waals surface area contributed by atoms with Gasteiger partial charge in [0.15, 0.2) is 5.13 Å². The lowest BCUT2D eigenvalue weighted by Crippen LogP contribution is -2.65. The van der Waals surface area contributed by atoms with Crippen molar-refractivity contribution < 1.29 is 9.90 Å². The number of thiazole rings is 1. The number of carbonyl (C=O) groups excluding carboxylic acids is 1. The Morgan fingerprint density at radius 3 is 2.75 bits per heavy atom. The van der Waals surface area contributed by atoms with Gasteiger partial charge in [0.05, 0.1) is 11.5 Å². The molecular formula is C17H20ClN3O2S. The Labute approximate surface area is 150 Å². The second-order valence-corrected chi connectivity index (χ2v) is 7.62. The highest BCUT2D eigenvalue weighted by molar-refractivity contribution is 7.13. The topological polar surface area (TPSA) is 65.5 Å². The van der Waals surface area contributed by atoms with Gasteiger partial charge >= 0.3 is 0 Å². The molecule has 0 saturated carbocycles. The Bertz CT molecular complexity index is 682. The molecule has 128 valence electrons. The van der Waals surface area contributed by atoms with Gasteiger partial charge in [-0.25, -0.2) is 4.98 Å². The Balaban J connectivity index is 1.74. The molecule has 0 spiro atoms. The Kier molecular flexibility index (Phi) is 5.08. The van der Waals surface area contributed by atoms with E-state index in [1.165, 1.54) is 0 Å². The summed E-state index contributed by atoms with van der Waals surface area (Å²) in [6.45, 7) is 3.16. The minimum Gasteiger partial charge on any atom is -0.392 e. The zero-order valence-electron chi connectivity index (χ0n) is 13.4. The molecule has 1 unspecified atom stereocenters. The van der Waals surface area contributed by atoms with Crippen LogP contribution in [0.25, 0.3) is 0 Å². The van der Waals surface area contributed by atoms with Crippen molar-refractivity contribution in [3.63, 3.8) is 0 Å². The summed E-state index contributed by atoms with van der Waals surface area (Å²) in [7, 11) is 0. The summed E-state index contributed by atoms with van der Waals surface area (Å²) >= 11 is 7.52. The molecule has 2 N–H and O–H groups in total. The molecule has 3 rings (SSSR count). The third-order valence-electron chi connectivity index (χ3n) is 4.17. The molecule has 0 bridgehead atoms. The van der Waals surface area contributed by atoms with Gasteiger partial charge in [-0.2, -0.15) is 0 Å². The van der Waals surface area contributed by atoms with E-state index < -0.39 is 11.5 Å². The first-order chi connectivity index (χ1) is 11.5. The average Bonchev–Trinajstić information content (AvgIpc) is 3.04. The van der Waals surface area contributed by atoms with Crippen LogP contribution in [0.15, 0.2) is 35.8 Å². The number of hydrogen-bond donors (Lipinski definition) is 2. The summed E-state index contributed by atoms with van der Waals surface area (Å²) in [5.74, 6) is -0.0221. The van der Waals surface area contributed by atoms with Gasteiger partial charge in [0.25, 0.3) is 0 Å². The fraction of sp³-hybridized carbons (Fsp3) is 0.412. The van der Waals surface area contributed by atoms with Crippen molar-refractivity contribution in [3.05, 3.63) is 46.4 Å². The molecule has 7 heteroatoms. The quantitative estimate of drug-likeness (QED) is 0.824. The summed E-state index contributed by atoms with van der Waals surface area (Å²) in [6.07, 6.45) is 1.85. The molecule has 1 aliphatic rings. The van der Waals surface area contributed by atoms with Crippen LogP contribution in [0.4, 0.5) is 5.13 Å². The van der Waals surface area contributed by atoms with E-state index in [0.29, 0.717) is 24.5 Å². The van der Waals surface area contributed by atoms with Gasteiger partial charge in [-0.15, -0.1) is 11.3 Å². The zero-order valence-corrected chi connectivity index (χ0v) is 15.0. The molecule has 2 aromatic rings. The molecule has 1 aromatic heterocycles. The van der Waals surface area contributed by atoms with Crippen LogP contribution in [0.2, 0.25) is 5.02 Å². The summed E-state index contributed by atoms with van der Waals surface area (Å²) in [5, 5.41) is 15.8. The third kappa shape index (κ3) is 3.71. The van der Waals surface area contributed by atoms with Crippen LogP contribution in [0, 0.1) is 5.41 Å². The van der Waals surface area contributed by atoms with E-state index in [1.807, 2.05) is 29.6 Å². The van der Waals surface area contributed by atoms with Crippen LogP contribution in [0.1, 0.15) is 12.5 Å². The van der Waals surface area contributed by atoms with Crippen LogP contribution >= 0.6 is 22.9 Å². The molecule has 1 fully saturated rings. The SMILES string of the molecule is CC(O)CNC(=O)C1(Cc2ccc(Cl)cc2)CN(c2nccs2)C1.